The number of carboxylic acids is 1. The quantitative estimate of drug-likeness (QED) is 0.180. The van der Waals surface area contributed by atoms with E-state index >= 15 is 0 Å². The third kappa shape index (κ3) is 2.67. The maximum atomic E-state index is 11.3. The Bertz CT molecular complexity index is 573. The lowest BCUT2D eigenvalue weighted by Gasteiger charge is -2.32. The van der Waals surface area contributed by atoms with Gasteiger partial charge in [0.05, 0.1) is 12.7 Å². The molecule has 11 nitrogen and oxygen atoms in total. The monoisotopic (exact) mass is 345 g/mol. The number of carboxylic acid groups (broad SMARTS) is 1. The number of fused-ring (bicyclic) bond motifs is 1. The Hall–Kier alpha value is -0.770. The summed E-state index contributed by atoms with van der Waals surface area (Å²) >= 11 is 0. The molecular weight excluding hydrogens is 330 g/mol. The Morgan fingerprint density at radius 2 is 1.81 bits per heavy atom. The molecule has 2 rings (SSSR count). The van der Waals surface area contributed by atoms with E-state index in [4.69, 9.17) is 24.7 Å². The van der Waals surface area contributed by atoms with Gasteiger partial charge in [0, 0.05) is 0 Å². The van der Waals surface area contributed by atoms with Gasteiger partial charge in [0.25, 0.3) is 5.08 Å². The normalized spacial score (nSPS) is 28.6. The van der Waals surface area contributed by atoms with Gasteiger partial charge in [0.2, 0.25) is 6.17 Å². The van der Waals surface area contributed by atoms with Crippen LogP contribution in [0.25, 0.3) is 0 Å². The number of β-amino-alcohol motifs (C(OH)–C–C–N with tert-alkyl or cyclic N) is 1. The van der Waals surface area contributed by atoms with Crippen molar-refractivity contribution in [2.75, 3.05) is 19.6 Å². The van der Waals surface area contributed by atoms with Gasteiger partial charge in [-0.15, -0.1) is 0 Å². The van der Waals surface area contributed by atoms with Crippen LogP contribution in [0.4, 0.5) is 0 Å². The Morgan fingerprint density at radius 1 is 1.29 bits per heavy atom. The van der Waals surface area contributed by atoms with E-state index in [1.165, 1.54) is 12.4 Å². The Labute approximate surface area is 118 Å². The minimum Gasteiger partial charge on any atom is -0.477 e. The van der Waals surface area contributed by atoms with Gasteiger partial charge in [0.1, 0.15) is 6.20 Å². The van der Waals surface area contributed by atoms with Gasteiger partial charge in [-0.25, -0.2) is 4.79 Å². The molecular formula is C8H15N2O9P2+. The number of quaternary nitrogens is 1. The predicted molar refractivity (Wildman–Crippen MR) is 66.3 cm³/mol. The van der Waals surface area contributed by atoms with Crippen molar-refractivity contribution in [3.63, 3.8) is 0 Å². The molecule has 0 spiro atoms. The van der Waals surface area contributed by atoms with Crippen LogP contribution in [0.1, 0.15) is 0 Å². The van der Waals surface area contributed by atoms with Crippen LogP contribution in [0, 0.1) is 0 Å². The standard InChI is InChI=1S/C8H14N2O9P2/c11-7(12)4-10-2-1-9(6(10)3-10)5-8(13,20(14,15)16)21(17,18)19/h1-2,6,13H,3-5H2,(H4-,11,12,14,15,16,17,18,19)/p+1/t6-,10?/m1/s1. The molecule has 2 atom stereocenters. The maximum absolute atomic E-state index is 11.3. The predicted octanol–water partition coefficient (Wildman–Crippen LogP) is -1.98. The largest absolute Gasteiger partial charge is 0.477 e. The van der Waals surface area contributed by atoms with Crippen molar-refractivity contribution in [2.24, 2.45) is 0 Å². The average Bonchev–Trinajstić information content (AvgIpc) is 2.86. The van der Waals surface area contributed by atoms with Crippen molar-refractivity contribution in [1.82, 2.24) is 4.90 Å². The molecule has 0 bridgehead atoms. The van der Waals surface area contributed by atoms with E-state index in [0.717, 1.165) is 4.90 Å². The van der Waals surface area contributed by atoms with Crippen LogP contribution in [-0.2, 0) is 13.9 Å². The molecule has 2 aliphatic heterocycles. The van der Waals surface area contributed by atoms with Crippen molar-refractivity contribution in [3.05, 3.63) is 12.4 Å². The van der Waals surface area contributed by atoms with Gasteiger partial charge < -0.3 is 34.7 Å². The van der Waals surface area contributed by atoms with E-state index in [1.54, 1.807) is 0 Å². The van der Waals surface area contributed by atoms with Gasteiger partial charge in [-0.2, -0.15) is 0 Å². The van der Waals surface area contributed by atoms with Crippen LogP contribution >= 0.6 is 15.2 Å². The number of carbonyl (C=O) groups is 1. The first-order valence-electron chi connectivity index (χ1n) is 5.69. The molecule has 0 aromatic heterocycles. The first-order chi connectivity index (χ1) is 9.32. The van der Waals surface area contributed by atoms with E-state index in [1.807, 2.05) is 0 Å². The summed E-state index contributed by atoms with van der Waals surface area (Å²) in [5.41, 5.74) is 0. The highest BCUT2D eigenvalue weighted by atomic mass is 31.2. The number of nitrogens with zero attached hydrogens (tertiary/aromatic N) is 2. The molecule has 0 amide bonds. The van der Waals surface area contributed by atoms with Crippen LogP contribution in [-0.4, -0.2) is 76.0 Å². The van der Waals surface area contributed by atoms with Crippen LogP contribution in [0.15, 0.2) is 12.4 Å². The Morgan fingerprint density at radius 3 is 2.19 bits per heavy atom. The molecule has 1 saturated heterocycles. The molecule has 21 heavy (non-hydrogen) atoms. The van der Waals surface area contributed by atoms with Crippen LogP contribution in [0.5, 0.6) is 0 Å². The first-order valence-corrected chi connectivity index (χ1v) is 8.92. The third-order valence-corrected chi connectivity index (χ3v) is 7.37. The van der Waals surface area contributed by atoms with Gasteiger partial charge in [-0.1, -0.05) is 0 Å². The number of hydrogen-bond acceptors (Lipinski definition) is 5. The molecule has 0 radical (unpaired) electrons. The lowest BCUT2D eigenvalue weighted by molar-refractivity contribution is -0.750. The highest BCUT2D eigenvalue weighted by Crippen LogP contribution is 2.68. The number of hydrogen-bond donors (Lipinski definition) is 6. The molecule has 0 aromatic rings. The summed E-state index contributed by atoms with van der Waals surface area (Å²) in [5.74, 6) is -1.08. The van der Waals surface area contributed by atoms with Crippen LogP contribution in [0.2, 0.25) is 0 Å². The van der Waals surface area contributed by atoms with Crippen molar-refractivity contribution >= 4 is 21.2 Å². The van der Waals surface area contributed by atoms with Crippen molar-refractivity contribution < 1.29 is 48.2 Å². The number of rotatable bonds is 6. The van der Waals surface area contributed by atoms with Gasteiger partial charge in [-0.05, 0) is 0 Å². The zero-order chi connectivity index (χ0) is 16.3. The van der Waals surface area contributed by atoms with E-state index in [-0.39, 0.29) is 11.0 Å². The van der Waals surface area contributed by atoms with Crippen molar-refractivity contribution in [1.29, 1.82) is 0 Å². The second-order valence-electron chi connectivity index (χ2n) is 5.15. The fourth-order valence-corrected chi connectivity index (χ4v) is 4.42. The fourth-order valence-electron chi connectivity index (χ4n) is 2.37. The molecule has 2 heterocycles. The SMILES string of the molecule is O=C(O)C[N+]12C=CN(CC(O)(P(=O)(O)O)P(=O)(O)O)[C@H]1C2. The van der Waals surface area contributed by atoms with Gasteiger partial charge in [0.15, 0.2) is 13.1 Å². The minimum absolute atomic E-state index is 0.00622. The molecule has 0 aliphatic carbocycles. The number of aliphatic hydroxyl groups is 1. The topological polar surface area (TPSA) is 176 Å². The fraction of sp³-hybridized carbons (Fsp3) is 0.625. The van der Waals surface area contributed by atoms with Gasteiger partial charge in [-0.3, -0.25) is 13.6 Å². The molecule has 120 valence electrons. The lowest BCUT2D eigenvalue weighted by Crippen LogP contribution is -2.42. The third-order valence-electron chi connectivity index (χ3n) is 3.66. The second kappa shape index (κ2) is 4.61. The molecule has 0 aromatic carbocycles. The summed E-state index contributed by atoms with van der Waals surface area (Å²) in [6, 6.07) is 0. The van der Waals surface area contributed by atoms with E-state index in [2.05, 4.69) is 0 Å². The molecule has 1 unspecified atom stereocenters. The lowest BCUT2D eigenvalue weighted by atomic mass is 10.5. The van der Waals surface area contributed by atoms with E-state index in [9.17, 15) is 19.0 Å². The summed E-state index contributed by atoms with van der Waals surface area (Å²) in [7, 11) is -11.1. The summed E-state index contributed by atoms with van der Waals surface area (Å²) in [4.78, 5) is 48.1. The summed E-state index contributed by atoms with van der Waals surface area (Å²) in [6.45, 7) is -0.939. The molecule has 0 saturated carbocycles. The molecule has 6 N–H and O–H groups in total. The zero-order valence-corrected chi connectivity index (χ0v) is 12.3. The van der Waals surface area contributed by atoms with E-state index < -0.39 is 39.0 Å². The molecule has 1 fully saturated rings. The highest BCUT2D eigenvalue weighted by Gasteiger charge is 2.66. The van der Waals surface area contributed by atoms with Crippen LogP contribution in [0.3, 0.4) is 0 Å². The average molecular weight is 345 g/mol. The second-order valence-corrected chi connectivity index (χ2v) is 9.16. The minimum atomic E-state index is -5.53. The molecule has 13 heteroatoms. The van der Waals surface area contributed by atoms with Crippen LogP contribution < -0.4 is 0 Å². The Balaban J connectivity index is 2.20. The summed E-state index contributed by atoms with van der Waals surface area (Å²) < 4.78 is 22.5. The van der Waals surface area contributed by atoms with E-state index in [0.29, 0.717) is 6.54 Å². The first kappa shape index (κ1) is 16.6. The zero-order valence-electron chi connectivity index (χ0n) is 10.6. The summed E-state index contributed by atoms with van der Waals surface area (Å²) in [5, 5.41) is 15.1. The molecule has 2 aliphatic rings. The van der Waals surface area contributed by atoms with Crippen molar-refractivity contribution in [2.45, 2.75) is 11.2 Å². The summed E-state index contributed by atoms with van der Waals surface area (Å²) in [6.07, 6.45) is 2.22. The Kier molecular flexibility index (Phi) is 3.64. The highest BCUT2D eigenvalue weighted by molar-refractivity contribution is 7.72. The smallest absolute Gasteiger partial charge is 0.371 e. The maximum Gasteiger partial charge on any atom is 0.371 e. The van der Waals surface area contributed by atoms with Crippen molar-refractivity contribution in [3.8, 4) is 0 Å². The number of aliphatic carboxylic acids is 1. The van der Waals surface area contributed by atoms with Gasteiger partial charge >= 0.3 is 21.2 Å².